The van der Waals surface area contributed by atoms with E-state index >= 15 is 0 Å². The highest BCUT2D eigenvalue weighted by molar-refractivity contribution is 9.10. The summed E-state index contributed by atoms with van der Waals surface area (Å²) in [6.07, 6.45) is 4.00. The number of H-pyrrole nitrogens is 1. The highest BCUT2D eigenvalue weighted by Gasteiger charge is 2.29. The Bertz CT molecular complexity index is 963. The SMILES string of the molecule is CNC(=O)C(CNC(=O)C1CCC(C(C)C)CC1)NC(=O)Cc1cc2cc(Br)ccc2[nH]1. The van der Waals surface area contributed by atoms with Crippen LogP contribution in [0.4, 0.5) is 0 Å². The first-order valence-corrected chi connectivity index (χ1v) is 12.1. The van der Waals surface area contributed by atoms with E-state index in [0.717, 1.165) is 46.8 Å². The normalized spacial score (nSPS) is 19.5. The van der Waals surface area contributed by atoms with Gasteiger partial charge in [0.25, 0.3) is 0 Å². The average molecular weight is 505 g/mol. The van der Waals surface area contributed by atoms with Crippen LogP contribution in [0.3, 0.4) is 0 Å². The van der Waals surface area contributed by atoms with Gasteiger partial charge in [0, 0.05) is 40.6 Å². The summed E-state index contributed by atoms with van der Waals surface area (Å²) in [7, 11) is 1.52. The van der Waals surface area contributed by atoms with Gasteiger partial charge in [-0.05, 0) is 61.8 Å². The first-order valence-electron chi connectivity index (χ1n) is 11.3. The molecule has 0 spiro atoms. The molecule has 0 radical (unpaired) electrons. The zero-order valence-electron chi connectivity index (χ0n) is 19.0. The maximum absolute atomic E-state index is 12.6. The maximum atomic E-state index is 12.6. The van der Waals surface area contributed by atoms with Crippen LogP contribution in [0.15, 0.2) is 28.7 Å². The summed E-state index contributed by atoms with van der Waals surface area (Å²) in [4.78, 5) is 40.7. The number of aromatic amines is 1. The summed E-state index contributed by atoms with van der Waals surface area (Å²) < 4.78 is 0.966. The van der Waals surface area contributed by atoms with Gasteiger partial charge in [0.2, 0.25) is 17.7 Å². The van der Waals surface area contributed by atoms with E-state index in [9.17, 15) is 14.4 Å². The van der Waals surface area contributed by atoms with Crippen LogP contribution in [0.25, 0.3) is 10.9 Å². The molecule has 1 aliphatic rings. The van der Waals surface area contributed by atoms with Crippen LogP contribution in [-0.4, -0.2) is 42.3 Å². The van der Waals surface area contributed by atoms with E-state index in [0.29, 0.717) is 11.8 Å². The van der Waals surface area contributed by atoms with E-state index in [-0.39, 0.29) is 36.6 Å². The van der Waals surface area contributed by atoms with Crippen molar-refractivity contribution >= 4 is 44.6 Å². The van der Waals surface area contributed by atoms with Crippen LogP contribution in [0.5, 0.6) is 0 Å². The first kappa shape index (κ1) is 24.3. The Hall–Kier alpha value is -2.35. The Morgan fingerprint density at radius 3 is 2.50 bits per heavy atom. The summed E-state index contributed by atoms with van der Waals surface area (Å²) in [5, 5.41) is 9.21. The lowest BCUT2D eigenvalue weighted by Crippen LogP contribution is -2.53. The molecule has 1 heterocycles. The molecule has 174 valence electrons. The zero-order chi connectivity index (χ0) is 23.3. The lowest BCUT2D eigenvalue weighted by Gasteiger charge is -2.30. The van der Waals surface area contributed by atoms with E-state index < -0.39 is 6.04 Å². The van der Waals surface area contributed by atoms with Gasteiger partial charge in [-0.25, -0.2) is 0 Å². The summed E-state index contributed by atoms with van der Waals surface area (Å²) in [5.41, 5.74) is 1.70. The lowest BCUT2D eigenvalue weighted by molar-refractivity contribution is -0.130. The molecule has 3 rings (SSSR count). The largest absolute Gasteiger partial charge is 0.358 e. The van der Waals surface area contributed by atoms with Gasteiger partial charge in [0.1, 0.15) is 6.04 Å². The standard InChI is InChI=1S/C24H33BrN4O3/c1-14(2)15-4-6-16(7-5-15)23(31)27-13-21(24(32)26-3)29-22(30)12-19-11-17-10-18(25)8-9-20(17)28-19/h8-11,14-16,21,28H,4-7,12-13H2,1-3H3,(H,26,32)(H,27,31)(H,29,30). The van der Waals surface area contributed by atoms with Crippen LogP contribution in [0, 0.1) is 17.8 Å². The number of benzene rings is 1. The van der Waals surface area contributed by atoms with Crippen molar-refractivity contribution in [2.24, 2.45) is 17.8 Å². The van der Waals surface area contributed by atoms with E-state index in [4.69, 9.17) is 0 Å². The molecule has 1 saturated carbocycles. The van der Waals surface area contributed by atoms with Crippen LogP contribution in [0.2, 0.25) is 0 Å². The number of nitrogens with one attached hydrogen (secondary N) is 4. The molecule has 1 aliphatic carbocycles. The summed E-state index contributed by atoms with van der Waals surface area (Å²) in [6, 6.07) is 6.96. The summed E-state index contributed by atoms with van der Waals surface area (Å²) in [6.45, 7) is 4.54. The topological polar surface area (TPSA) is 103 Å². The Morgan fingerprint density at radius 1 is 1.12 bits per heavy atom. The Kier molecular flexibility index (Phi) is 8.34. The van der Waals surface area contributed by atoms with Crippen LogP contribution in [-0.2, 0) is 20.8 Å². The number of fused-ring (bicyclic) bond motifs is 1. The van der Waals surface area contributed by atoms with Crippen molar-refractivity contribution in [2.45, 2.75) is 52.0 Å². The highest BCUT2D eigenvalue weighted by Crippen LogP contribution is 2.33. The smallest absolute Gasteiger partial charge is 0.244 e. The van der Waals surface area contributed by atoms with Crippen molar-refractivity contribution in [3.05, 3.63) is 34.4 Å². The maximum Gasteiger partial charge on any atom is 0.244 e. The van der Waals surface area contributed by atoms with Gasteiger partial charge < -0.3 is 20.9 Å². The van der Waals surface area contributed by atoms with Crippen molar-refractivity contribution in [1.29, 1.82) is 0 Å². The Labute approximate surface area is 197 Å². The van der Waals surface area contributed by atoms with E-state index in [1.165, 1.54) is 7.05 Å². The third-order valence-electron chi connectivity index (χ3n) is 6.45. The molecule has 2 aromatic rings. The summed E-state index contributed by atoms with van der Waals surface area (Å²) >= 11 is 3.44. The lowest BCUT2D eigenvalue weighted by atomic mass is 9.76. The number of carbonyl (C=O) groups excluding carboxylic acids is 3. The zero-order valence-corrected chi connectivity index (χ0v) is 20.6. The molecule has 1 atom stereocenters. The number of hydrogen-bond acceptors (Lipinski definition) is 3. The van der Waals surface area contributed by atoms with Crippen molar-refractivity contribution in [2.75, 3.05) is 13.6 Å². The number of rotatable bonds is 8. The molecule has 4 N–H and O–H groups in total. The minimum Gasteiger partial charge on any atom is -0.358 e. The van der Waals surface area contributed by atoms with Gasteiger partial charge in [-0.1, -0.05) is 29.8 Å². The molecular weight excluding hydrogens is 472 g/mol. The minimum atomic E-state index is -0.818. The second-order valence-electron chi connectivity index (χ2n) is 9.04. The number of likely N-dealkylation sites (N-methyl/N-ethyl adjacent to an activating group) is 1. The van der Waals surface area contributed by atoms with Crippen molar-refractivity contribution in [3.63, 3.8) is 0 Å². The molecular formula is C24H33BrN4O3. The van der Waals surface area contributed by atoms with Crippen LogP contribution >= 0.6 is 15.9 Å². The molecule has 8 heteroatoms. The molecule has 0 saturated heterocycles. The van der Waals surface area contributed by atoms with Gasteiger partial charge in [0.15, 0.2) is 0 Å². The monoisotopic (exact) mass is 504 g/mol. The molecule has 0 aliphatic heterocycles. The Balaban J connectivity index is 1.53. The molecule has 1 aromatic heterocycles. The molecule has 1 unspecified atom stereocenters. The van der Waals surface area contributed by atoms with E-state index in [2.05, 4.69) is 50.7 Å². The minimum absolute atomic E-state index is 0.0169. The van der Waals surface area contributed by atoms with Crippen molar-refractivity contribution in [1.82, 2.24) is 20.9 Å². The van der Waals surface area contributed by atoms with Crippen molar-refractivity contribution in [3.8, 4) is 0 Å². The quantitative estimate of drug-likeness (QED) is 0.443. The molecule has 32 heavy (non-hydrogen) atoms. The number of amides is 3. The van der Waals surface area contributed by atoms with Crippen LogP contribution < -0.4 is 16.0 Å². The van der Waals surface area contributed by atoms with Crippen molar-refractivity contribution < 1.29 is 14.4 Å². The second kappa shape index (κ2) is 11.0. The van der Waals surface area contributed by atoms with Gasteiger partial charge in [-0.3, -0.25) is 14.4 Å². The first-order chi connectivity index (χ1) is 15.3. The third-order valence-corrected chi connectivity index (χ3v) is 6.95. The predicted molar refractivity (Wildman–Crippen MR) is 129 cm³/mol. The summed E-state index contributed by atoms with van der Waals surface area (Å²) in [5.74, 6) is 0.667. The Morgan fingerprint density at radius 2 is 1.84 bits per heavy atom. The number of carbonyl (C=O) groups is 3. The van der Waals surface area contributed by atoms with Gasteiger partial charge in [-0.2, -0.15) is 0 Å². The molecule has 0 bridgehead atoms. The highest BCUT2D eigenvalue weighted by atomic mass is 79.9. The van der Waals surface area contributed by atoms with Gasteiger partial charge in [-0.15, -0.1) is 0 Å². The van der Waals surface area contributed by atoms with Gasteiger partial charge in [0.05, 0.1) is 6.42 Å². The fraction of sp³-hybridized carbons (Fsp3) is 0.542. The molecule has 1 aromatic carbocycles. The molecule has 7 nitrogen and oxygen atoms in total. The van der Waals surface area contributed by atoms with E-state index in [1.54, 1.807) is 0 Å². The molecule has 1 fully saturated rings. The fourth-order valence-corrected chi connectivity index (χ4v) is 4.83. The van der Waals surface area contributed by atoms with E-state index in [1.807, 2.05) is 24.3 Å². The predicted octanol–water partition coefficient (Wildman–Crippen LogP) is 3.28. The number of halogens is 1. The second-order valence-corrected chi connectivity index (χ2v) is 9.95. The average Bonchev–Trinajstić information content (AvgIpc) is 3.16. The third kappa shape index (κ3) is 6.34. The van der Waals surface area contributed by atoms with Crippen LogP contribution in [0.1, 0.15) is 45.2 Å². The molecule has 3 amide bonds. The number of hydrogen-bond donors (Lipinski definition) is 4. The fourth-order valence-electron chi connectivity index (χ4n) is 4.46. The number of aromatic nitrogens is 1. The van der Waals surface area contributed by atoms with Gasteiger partial charge >= 0.3 is 0 Å².